The molecule has 5 heteroatoms. The highest BCUT2D eigenvalue weighted by Gasteiger charge is 2.38. The summed E-state index contributed by atoms with van der Waals surface area (Å²) in [5, 5.41) is 17.0. The van der Waals surface area contributed by atoms with E-state index in [1.54, 1.807) is 32.9 Å². The lowest BCUT2D eigenvalue weighted by molar-refractivity contribution is -0.159. The van der Waals surface area contributed by atoms with Crippen LogP contribution in [-0.2, 0) is 9.53 Å². The quantitative estimate of drug-likeness (QED) is 0.645. The number of nitrogens with two attached hydrogens (primary N) is 1. The molecule has 0 aliphatic rings. The first-order chi connectivity index (χ1) is 6.25. The molecule has 1 atom stereocenters. The minimum atomic E-state index is -1.86. The van der Waals surface area contributed by atoms with Crippen LogP contribution in [0.5, 0.6) is 0 Å². The molecule has 0 aromatic rings. The third-order valence-electron chi connectivity index (χ3n) is 1.32. The third-order valence-corrected chi connectivity index (χ3v) is 1.32. The van der Waals surface area contributed by atoms with Gasteiger partial charge in [-0.2, -0.15) is 10.5 Å². The van der Waals surface area contributed by atoms with E-state index in [4.69, 9.17) is 21.0 Å². The predicted octanol–water partition coefficient (Wildman–Crippen LogP) is 0.463. The highest BCUT2D eigenvalue weighted by molar-refractivity contribution is 5.84. The van der Waals surface area contributed by atoms with Crippen molar-refractivity contribution >= 4 is 5.97 Å². The van der Waals surface area contributed by atoms with Crippen molar-refractivity contribution in [2.45, 2.75) is 38.3 Å². The first-order valence-corrected chi connectivity index (χ1v) is 4.06. The van der Waals surface area contributed by atoms with E-state index in [0.29, 0.717) is 0 Å². The van der Waals surface area contributed by atoms with Crippen LogP contribution in [0.1, 0.15) is 27.2 Å². The molecule has 1 unspecified atom stereocenters. The number of hydrogen-bond acceptors (Lipinski definition) is 5. The molecule has 0 aromatic carbocycles. The maximum atomic E-state index is 11.4. The average Bonchev–Trinajstić information content (AvgIpc) is 2.01. The van der Waals surface area contributed by atoms with E-state index in [2.05, 4.69) is 0 Å². The van der Waals surface area contributed by atoms with Crippen LogP contribution in [0.15, 0.2) is 0 Å². The van der Waals surface area contributed by atoms with Crippen LogP contribution in [-0.4, -0.2) is 17.1 Å². The van der Waals surface area contributed by atoms with Crippen LogP contribution < -0.4 is 5.73 Å². The lowest BCUT2D eigenvalue weighted by Gasteiger charge is -2.24. The van der Waals surface area contributed by atoms with Crippen molar-refractivity contribution in [1.82, 2.24) is 0 Å². The fraction of sp³-hybridized carbons (Fsp3) is 0.667. The van der Waals surface area contributed by atoms with E-state index >= 15 is 0 Å². The second kappa shape index (κ2) is 4.08. The summed E-state index contributed by atoms with van der Waals surface area (Å²) >= 11 is 0. The van der Waals surface area contributed by atoms with Gasteiger partial charge >= 0.3 is 5.97 Å². The van der Waals surface area contributed by atoms with E-state index in [1.165, 1.54) is 0 Å². The van der Waals surface area contributed by atoms with E-state index in [-0.39, 0.29) is 6.42 Å². The molecule has 0 aliphatic carbocycles. The van der Waals surface area contributed by atoms with Gasteiger partial charge in [0.1, 0.15) is 5.60 Å². The van der Waals surface area contributed by atoms with Crippen molar-refractivity contribution in [2.75, 3.05) is 0 Å². The Labute approximate surface area is 83.1 Å². The molecule has 0 fully saturated rings. The molecule has 0 rings (SSSR count). The van der Waals surface area contributed by atoms with Crippen molar-refractivity contribution in [3.63, 3.8) is 0 Å². The Morgan fingerprint density at radius 3 is 2.21 bits per heavy atom. The standard InChI is InChI=1S/C9H13N3O2/c1-8(2,3)14-7(13)9(12,6-11)4-5-10/h4,12H2,1-3H3. The lowest BCUT2D eigenvalue weighted by Crippen LogP contribution is -2.49. The molecule has 0 aliphatic heterocycles. The van der Waals surface area contributed by atoms with Crippen LogP contribution in [0, 0.1) is 22.7 Å². The molecule has 14 heavy (non-hydrogen) atoms. The number of carbonyl (C=O) groups is 1. The largest absolute Gasteiger partial charge is 0.458 e. The minimum absolute atomic E-state index is 0.377. The number of hydrogen-bond donors (Lipinski definition) is 1. The predicted molar refractivity (Wildman–Crippen MR) is 48.6 cm³/mol. The Morgan fingerprint density at radius 2 is 1.93 bits per heavy atom. The van der Waals surface area contributed by atoms with Gasteiger partial charge in [-0.1, -0.05) is 0 Å². The Kier molecular flexibility index (Phi) is 3.62. The first-order valence-electron chi connectivity index (χ1n) is 4.06. The maximum absolute atomic E-state index is 11.4. The molecular formula is C9H13N3O2. The van der Waals surface area contributed by atoms with Crippen LogP contribution >= 0.6 is 0 Å². The highest BCUT2D eigenvalue weighted by atomic mass is 16.6. The van der Waals surface area contributed by atoms with Gasteiger partial charge in [0.25, 0.3) is 0 Å². The van der Waals surface area contributed by atoms with Crippen molar-refractivity contribution in [3.8, 4) is 12.1 Å². The van der Waals surface area contributed by atoms with E-state index in [0.717, 1.165) is 0 Å². The monoisotopic (exact) mass is 195 g/mol. The van der Waals surface area contributed by atoms with E-state index in [9.17, 15) is 4.79 Å². The van der Waals surface area contributed by atoms with Gasteiger partial charge in [0.15, 0.2) is 0 Å². The third kappa shape index (κ3) is 3.42. The Bertz CT molecular complexity index is 305. The van der Waals surface area contributed by atoms with Crippen LogP contribution in [0.25, 0.3) is 0 Å². The zero-order valence-electron chi connectivity index (χ0n) is 8.50. The fourth-order valence-corrected chi connectivity index (χ4v) is 0.651. The lowest BCUT2D eigenvalue weighted by atomic mass is 9.99. The van der Waals surface area contributed by atoms with Gasteiger partial charge in [0.2, 0.25) is 5.54 Å². The van der Waals surface area contributed by atoms with Crippen LogP contribution in [0.4, 0.5) is 0 Å². The first kappa shape index (κ1) is 12.4. The zero-order chi connectivity index (χ0) is 11.4. The summed E-state index contributed by atoms with van der Waals surface area (Å²) in [5.74, 6) is -0.867. The van der Waals surface area contributed by atoms with Crippen LogP contribution in [0.2, 0.25) is 0 Å². The van der Waals surface area contributed by atoms with Crippen molar-refractivity contribution < 1.29 is 9.53 Å². The van der Waals surface area contributed by atoms with Gasteiger partial charge in [-0.05, 0) is 20.8 Å². The van der Waals surface area contributed by atoms with Crippen LogP contribution in [0.3, 0.4) is 0 Å². The van der Waals surface area contributed by atoms with Crippen molar-refractivity contribution in [1.29, 1.82) is 10.5 Å². The summed E-state index contributed by atoms with van der Waals surface area (Å²) in [6.45, 7) is 4.99. The summed E-state index contributed by atoms with van der Waals surface area (Å²) in [7, 11) is 0. The Balaban J connectivity index is 4.68. The SMILES string of the molecule is CC(C)(C)OC(=O)C(N)(C#N)CC#N. The molecular weight excluding hydrogens is 182 g/mol. The molecule has 0 spiro atoms. The molecule has 5 nitrogen and oxygen atoms in total. The minimum Gasteiger partial charge on any atom is -0.458 e. The smallest absolute Gasteiger partial charge is 0.342 e. The van der Waals surface area contributed by atoms with Crippen molar-refractivity contribution in [3.05, 3.63) is 0 Å². The summed E-state index contributed by atoms with van der Waals surface area (Å²) in [6.07, 6.45) is -0.377. The molecule has 0 aromatic heterocycles. The second-order valence-electron chi connectivity index (χ2n) is 3.92. The molecule has 2 N–H and O–H groups in total. The molecule has 0 saturated carbocycles. The summed E-state index contributed by atoms with van der Waals surface area (Å²) in [5.41, 5.74) is 2.83. The maximum Gasteiger partial charge on any atom is 0.342 e. The summed E-state index contributed by atoms with van der Waals surface area (Å²) < 4.78 is 4.91. The number of esters is 1. The topological polar surface area (TPSA) is 99.9 Å². The fourth-order valence-electron chi connectivity index (χ4n) is 0.651. The molecule has 76 valence electrons. The van der Waals surface area contributed by atoms with Gasteiger partial charge in [0.05, 0.1) is 18.6 Å². The Hall–Kier alpha value is -1.59. The Morgan fingerprint density at radius 1 is 1.43 bits per heavy atom. The molecule has 0 amide bonds. The van der Waals surface area contributed by atoms with E-state index in [1.807, 2.05) is 0 Å². The number of carbonyl (C=O) groups excluding carboxylic acids is 1. The van der Waals surface area contributed by atoms with Gasteiger partial charge in [-0.15, -0.1) is 0 Å². The second-order valence-corrected chi connectivity index (χ2v) is 3.92. The number of rotatable bonds is 2. The summed E-state index contributed by atoms with van der Waals surface area (Å²) in [6, 6.07) is 3.26. The molecule has 0 radical (unpaired) electrons. The number of nitriles is 2. The zero-order valence-corrected chi connectivity index (χ0v) is 8.50. The van der Waals surface area contributed by atoms with Crippen molar-refractivity contribution in [2.24, 2.45) is 5.73 Å². The van der Waals surface area contributed by atoms with Gasteiger partial charge in [0, 0.05) is 0 Å². The number of nitrogens with zero attached hydrogens (tertiary/aromatic N) is 2. The molecule has 0 saturated heterocycles. The van der Waals surface area contributed by atoms with Gasteiger partial charge < -0.3 is 10.5 Å². The highest BCUT2D eigenvalue weighted by Crippen LogP contribution is 2.14. The average molecular weight is 195 g/mol. The summed E-state index contributed by atoms with van der Waals surface area (Å²) in [4.78, 5) is 11.4. The number of ether oxygens (including phenoxy) is 1. The van der Waals surface area contributed by atoms with Gasteiger partial charge in [-0.25, -0.2) is 4.79 Å². The normalized spacial score (nSPS) is 14.7. The van der Waals surface area contributed by atoms with Gasteiger partial charge in [-0.3, -0.25) is 0 Å². The molecule has 0 heterocycles. The molecule has 0 bridgehead atoms. The van der Waals surface area contributed by atoms with E-state index < -0.39 is 17.1 Å².